The van der Waals surface area contributed by atoms with Crippen LogP contribution in [0.25, 0.3) is 0 Å². The van der Waals surface area contributed by atoms with Gasteiger partial charge in [-0.3, -0.25) is 4.79 Å². The maximum absolute atomic E-state index is 12.3. The Morgan fingerprint density at radius 3 is 2.44 bits per heavy atom. The van der Waals surface area contributed by atoms with Crippen LogP contribution in [0.5, 0.6) is 0 Å². The predicted molar refractivity (Wildman–Crippen MR) is 75.4 cm³/mol. The third-order valence-electron chi connectivity index (χ3n) is 5.11. The van der Waals surface area contributed by atoms with Gasteiger partial charge in [-0.05, 0) is 43.9 Å². The highest BCUT2D eigenvalue weighted by Crippen LogP contribution is 2.30. The minimum absolute atomic E-state index is 0.404. The molecule has 0 aromatic heterocycles. The van der Waals surface area contributed by atoms with E-state index in [2.05, 4.69) is 11.8 Å². The van der Waals surface area contributed by atoms with Gasteiger partial charge in [0, 0.05) is 19.5 Å². The number of carbonyl (C=O) groups excluding carboxylic acids is 1. The minimum atomic E-state index is 0.404. The van der Waals surface area contributed by atoms with Gasteiger partial charge in [0.1, 0.15) is 0 Å². The molecule has 1 unspecified atom stereocenters. The molecule has 2 saturated carbocycles. The topological polar surface area (TPSA) is 20.3 Å². The first-order chi connectivity index (χ1) is 8.66. The van der Waals surface area contributed by atoms with E-state index in [1.165, 1.54) is 57.8 Å². The van der Waals surface area contributed by atoms with Crippen LogP contribution >= 0.6 is 0 Å². The van der Waals surface area contributed by atoms with Gasteiger partial charge in [0.25, 0.3) is 0 Å². The van der Waals surface area contributed by atoms with E-state index >= 15 is 0 Å². The molecule has 2 nitrogen and oxygen atoms in total. The van der Waals surface area contributed by atoms with Crippen LogP contribution in [-0.2, 0) is 4.79 Å². The van der Waals surface area contributed by atoms with E-state index in [1.54, 1.807) is 0 Å². The van der Waals surface area contributed by atoms with Crippen LogP contribution in [0.4, 0.5) is 0 Å². The molecule has 2 atom stereocenters. The van der Waals surface area contributed by atoms with Crippen molar-refractivity contribution in [3.8, 4) is 0 Å². The second-order valence-electron chi connectivity index (χ2n) is 6.63. The van der Waals surface area contributed by atoms with E-state index in [9.17, 15) is 4.79 Å². The Kier molecular flexibility index (Phi) is 5.08. The molecule has 0 spiro atoms. The van der Waals surface area contributed by atoms with E-state index < -0.39 is 0 Å². The van der Waals surface area contributed by atoms with Crippen LogP contribution in [0, 0.1) is 11.8 Å². The molecule has 0 heterocycles. The van der Waals surface area contributed by atoms with Crippen molar-refractivity contribution in [2.75, 3.05) is 7.05 Å². The van der Waals surface area contributed by atoms with Crippen molar-refractivity contribution < 1.29 is 4.79 Å². The zero-order valence-electron chi connectivity index (χ0n) is 12.2. The van der Waals surface area contributed by atoms with Crippen molar-refractivity contribution in [1.29, 1.82) is 0 Å². The van der Waals surface area contributed by atoms with Gasteiger partial charge in [0.15, 0.2) is 0 Å². The Labute approximate surface area is 112 Å². The first kappa shape index (κ1) is 13.9. The van der Waals surface area contributed by atoms with Gasteiger partial charge in [-0.15, -0.1) is 0 Å². The fourth-order valence-corrected chi connectivity index (χ4v) is 3.66. The third kappa shape index (κ3) is 3.73. The van der Waals surface area contributed by atoms with Crippen molar-refractivity contribution in [2.24, 2.45) is 11.8 Å². The molecule has 0 saturated heterocycles. The lowest BCUT2D eigenvalue weighted by Crippen LogP contribution is -2.37. The second kappa shape index (κ2) is 6.58. The first-order valence-electron chi connectivity index (χ1n) is 7.92. The maximum atomic E-state index is 12.3. The molecule has 0 N–H and O–H groups in total. The summed E-state index contributed by atoms with van der Waals surface area (Å²) >= 11 is 0. The molecule has 2 heteroatoms. The van der Waals surface area contributed by atoms with Gasteiger partial charge in [-0.25, -0.2) is 0 Å². The average molecular weight is 251 g/mol. The maximum Gasteiger partial charge on any atom is 0.222 e. The Hall–Kier alpha value is -0.530. The number of amides is 1. The highest BCUT2D eigenvalue weighted by atomic mass is 16.2. The van der Waals surface area contributed by atoms with E-state index in [0.29, 0.717) is 17.9 Å². The summed E-state index contributed by atoms with van der Waals surface area (Å²) in [6, 6.07) is 0.517. The SMILES string of the molecule is C[C@@H]1CCCC(N(C)C(=O)CC2CCCC2)CC1. The number of nitrogens with zero attached hydrogens (tertiary/aromatic N) is 1. The highest BCUT2D eigenvalue weighted by molar-refractivity contribution is 5.76. The zero-order chi connectivity index (χ0) is 13.0. The zero-order valence-corrected chi connectivity index (χ0v) is 12.2. The predicted octanol–water partition coefficient (Wildman–Crippen LogP) is 3.99. The molecule has 1 amide bonds. The summed E-state index contributed by atoms with van der Waals surface area (Å²) < 4.78 is 0. The minimum Gasteiger partial charge on any atom is -0.343 e. The fraction of sp³-hybridized carbons (Fsp3) is 0.938. The number of rotatable bonds is 3. The van der Waals surface area contributed by atoms with Gasteiger partial charge in [0.2, 0.25) is 5.91 Å². The molecular formula is C16H29NO. The molecule has 0 radical (unpaired) electrons. The van der Waals surface area contributed by atoms with Crippen molar-refractivity contribution in [1.82, 2.24) is 4.90 Å². The molecule has 0 aromatic rings. The lowest BCUT2D eigenvalue weighted by molar-refractivity contribution is -0.133. The van der Waals surface area contributed by atoms with Gasteiger partial charge in [0.05, 0.1) is 0 Å². The molecule has 2 aliphatic carbocycles. The van der Waals surface area contributed by atoms with Crippen LogP contribution in [0.15, 0.2) is 0 Å². The molecule has 104 valence electrons. The summed E-state index contributed by atoms with van der Waals surface area (Å²) in [5.74, 6) is 1.94. The Morgan fingerprint density at radius 2 is 1.72 bits per heavy atom. The van der Waals surface area contributed by atoms with Crippen molar-refractivity contribution in [3.05, 3.63) is 0 Å². The summed E-state index contributed by atoms with van der Waals surface area (Å²) in [6.07, 6.45) is 12.4. The van der Waals surface area contributed by atoms with Crippen LogP contribution < -0.4 is 0 Å². The summed E-state index contributed by atoms with van der Waals surface area (Å²) in [6.45, 7) is 2.35. The molecular weight excluding hydrogens is 222 g/mol. The van der Waals surface area contributed by atoms with Gasteiger partial charge >= 0.3 is 0 Å². The molecule has 0 aromatic carbocycles. The van der Waals surface area contributed by atoms with Gasteiger partial charge < -0.3 is 4.90 Å². The van der Waals surface area contributed by atoms with Crippen LogP contribution in [0.2, 0.25) is 0 Å². The van der Waals surface area contributed by atoms with Crippen LogP contribution in [0.3, 0.4) is 0 Å². The number of hydrogen-bond acceptors (Lipinski definition) is 1. The Balaban J connectivity index is 1.81. The lowest BCUT2D eigenvalue weighted by atomic mass is 10.0. The third-order valence-corrected chi connectivity index (χ3v) is 5.11. The lowest BCUT2D eigenvalue weighted by Gasteiger charge is -2.28. The Bertz CT molecular complexity index is 270. The summed E-state index contributed by atoms with van der Waals surface area (Å²) in [4.78, 5) is 14.4. The quantitative estimate of drug-likeness (QED) is 0.694. The number of carbonyl (C=O) groups is 1. The summed E-state index contributed by atoms with van der Waals surface area (Å²) in [5, 5.41) is 0. The standard InChI is InChI=1S/C16H29NO/c1-13-6-5-9-15(11-10-13)17(2)16(18)12-14-7-3-4-8-14/h13-15H,3-12H2,1-2H3/t13-,15?/m1/s1. The van der Waals surface area contributed by atoms with E-state index in [1.807, 2.05) is 7.05 Å². The van der Waals surface area contributed by atoms with E-state index in [4.69, 9.17) is 0 Å². The van der Waals surface area contributed by atoms with Gasteiger partial charge in [-0.1, -0.05) is 32.6 Å². The van der Waals surface area contributed by atoms with Crippen molar-refractivity contribution in [3.63, 3.8) is 0 Å². The van der Waals surface area contributed by atoms with Crippen LogP contribution in [0.1, 0.15) is 71.1 Å². The van der Waals surface area contributed by atoms with E-state index in [-0.39, 0.29) is 0 Å². The summed E-state index contributed by atoms with van der Waals surface area (Å²) in [7, 11) is 2.04. The van der Waals surface area contributed by atoms with E-state index in [0.717, 1.165) is 12.3 Å². The monoisotopic (exact) mass is 251 g/mol. The number of hydrogen-bond donors (Lipinski definition) is 0. The first-order valence-corrected chi connectivity index (χ1v) is 7.92. The van der Waals surface area contributed by atoms with Crippen molar-refractivity contribution in [2.45, 2.75) is 77.2 Å². The average Bonchev–Trinajstić information content (AvgIpc) is 2.76. The molecule has 2 fully saturated rings. The highest BCUT2D eigenvalue weighted by Gasteiger charge is 2.26. The normalized spacial score (nSPS) is 30.1. The fourth-order valence-electron chi connectivity index (χ4n) is 3.66. The second-order valence-corrected chi connectivity index (χ2v) is 6.63. The molecule has 2 aliphatic rings. The van der Waals surface area contributed by atoms with Crippen LogP contribution in [-0.4, -0.2) is 23.9 Å². The molecule has 2 rings (SSSR count). The molecule has 0 aliphatic heterocycles. The molecule has 18 heavy (non-hydrogen) atoms. The molecule has 0 bridgehead atoms. The largest absolute Gasteiger partial charge is 0.343 e. The Morgan fingerprint density at radius 1 is 1.00 bits per heavy atom. The summed E-state index contributed by atoms with van der Waals surface area (Å²) in [5.41, 5.74) is 0. The van der Waals surface area contributed by atoms with Crippen molar-refractivity contribution >= 4 is 5.91 Å². The van der Waals surface area contributed by atoms with Gasteiger partial charge in [-0.2, -0.15) is 0 Å². The smallest absolute Gasteiger partial charge is 0.222 e.